The first-order valence-electron chi connectivity index (χ1n) is 10.5. The average Bonchev–Trinajstić information content (AvgIpc) is 3.15. The standard InChI is InChI=1S/C13H13F3N4.C8H15NO/c14-13(15,16)10-5-9(6-18-12(10)17)11-3-4-20(19-11)7-8-1-2-8;1-7-2-3-9(4-7)8-5-10-6-8/h3-6,8H,1-2,7H2,(H2,17,18);7-8H,2-6H2,1H3. The molecule has 0 radical (unpaired) electrons. The lowest BCUT2D eigenvalue weighted by atomic mass is 10.1. The number of anilines is 1. The Labute approximate surface area is 174 Å². The third-order valence-electron chi connectivity index (χ3n) is 5.89. The van der Waals surface area contributed by atoms with Gasteiger partial charge in [-0.3, -0.25) is 9.58 Å². The number of likely N-dealkylation sites (tertiary alicyclic amines) is 1. The number of ether oxygens (including phenoxy) is 1. The fourth-order valence-corrected chi connectivity index (χ4v) is 3.76. The maximum atomic E-state index is 12.8. The molecule has 0 amide bonds. The van der Waals surface area contributed by atoms with E-state index in [0.717, 1.165) is 37.8 Å². The van der Waals surface area contributed by atoms with Crippen molar-refractivity contribution < 1.29 is 17.9 Å². The van der Waals surface area contributed by atoms with Gasteiger partial charge in [-0.15, -0.1) is 0 Å². The lowest BCUT2D eigenvalue weighted by Gasteiger charge is -2.34. The van der Waals surface area contributed by atoms with Crippen LogP contribution in [0.15, 0.2) is 24.5 Å². The Morgan fingerprint density at radius 1 is 1.23 bits per heavy atom. The van der Waals surface area contributed by atoms with Crippen LogP contribution in [0.2, 0.25) is 0 Å². The van der Waals surface area contributed by atoms with Crippen LogP contribution in [0.4, 0.5) is 19.0 Å². The molecule has 3 fully saturated rings. The predicted molar refractivity (Wildman–Crippen MR) is 108 cm³/mol. The van der Waals surface area contributed by atoms with Gasteiger partial charge in [0, 0.05) is 31.0 Å². The molecular weight excluding hydrogens is 395 g/mol. The molecule has 30 heavy (non-hydrogen) atoms. The zero-order valence-corrected chi connectivity index (χ0v) is 17.1. The number of nitrogen functional groups attached to an aromatic ring is 1. The van der Waals surface area contributed by atoms with Crippen LogP contribution in [-0.4, -0.2) is 52.0 Å². The van der Waals surface area contributed by atoms with Crippen molar-refractivity contribution in [2.45, 2.75) is 44.9 Å². The number of pyridine rings is 1. The number of hydrogen-bond acceptors (Lipinski definition) is 5. The topological polar surface area (TPSA) is 69.2 Å². The Balaban J connectivity index is 0.000000181. The van der Waals surface area contributed by atoms with E-state index >= 15 is 0 Å². The summed E-state index contributed by atoms with van der Waals surface area (Å²) in [6.45, 7) is 7.71. The highest BCUT2D eigenvalue weighted by Gasteiger charge is 2.34. The maximum absolute atomic E-state index is 12.8. The van der Waals surface area contributed by atoms with Crippen molar-refractivity contribution in [1.29, 1.82) is 0 Å². The summed E-state index contributed by atoms with van der Waals surface area (Å²) in [7, 11) is 0. The zero-order valence-electron chi connectivity index (χ0n) is 17.1. The number of nitrogens with two attached hydrogens (primary N) is 1. The summed E-state index contributed by atoms with van der Waals surface area (Å²) in [6, 6.07) is 3.45. The molecule has 164 valence electrons. The Kier molecular flexibility index (Phi) is 6.02. The number of halogens is 3. The first-order valence-corrected chi connectivity index (χ1v) is 10.5. The van der Waals surface area contributed by atoms with Gasteiger partial charge in [0.25, 0.3) is 0 Å². The summed E-state index contributed by atoms with van der Waals surface area (Å²) in [5, 5.41) is 4.28. The predicted octanol–water partition coefficient (Wildman–Crippen LogP) is 3.68. The molecule has 1 atom stereocenters. The monoisotopic (exact) mass is 423 g/mol. The van der Waals surface area contributed by atoms with Crippen molar-refractivity contribution in [2.75, 3.05) is 32.0 Å². The number of hydrogen-bond donors (Lipinski definition) is 1. The van der Waals surface area contributed by atoms with E-state index in [0.29, 0.717) is 17.2 Å². The first kappa shape index (κ1) is 21.1. The minimum absolute atomic E-state index is 0.320. The van der Waals surface area contributed by atoms with Gasteiger partial charge in [0.2, 0.25) is 0 Å². The van der Waals surface area contributed by atoms with Gasteiger partial charge in [0.15, 0.2) is 0 Å². The molecule has 0 aromatic carbocycles. The quantitative estimate of drug-likeness (QED) is 0.813. The molecule has 2 saturated heterocycles. The summed E-state index contributed by atoms with van der Waals surface area (Å²) in [5.41, 5.74) is 5.15. The molecule has 0 spiro atoms. The summed E-state index contributed by atoms with van der Waals surface area (Å²) in [6.07, 6.45) is 2.35. The number of aromatic nitrogens is 3. The highest BCUT2D eigenvalue weighted by Crippen LogP contribution is 2.35. The lowest BCUT2D eigenvalue weighted by molar-refractivity contribution is -0.137. The largest absolute Gasteiger partial charge is 0.419 e. The molecule has 2 aliphatic heterocycles. The summed E-state index contributed by atoms with van der Waals surface area (Å²) >= 11 is 0. The molecule has 0 bridgehead atoms. The van der Waals surface area contributed by atoms with E-state index in [-0.39, 0.29) is 0 Å². The van der Waals surface area contributed by atoms with E-state index < -0.39 is 17.6 Å². The fourth-order valence-electron chi connectivity index (χ4n) is 3.76. The van der Waals surface area contributed by atoms with Crippen molar-refractivity contribution in [1.82, 2.24) is 19.7 Å². The second kappa shape index (κ2) is 8.55. The van der Waals surface area contributed by atoms with Gasteiger partial charge in [0.1, 0.15) is 5.82 Å². The van der Waals surface area contributed by atoms with Gasteiger partial charge in [-0.05, 0) is 49.8 Å². The van der Waals surface area contributed by atoms with Crippen molar-refractivity contribution in [3.63, 3.8) is 0 Å². The van der Waals surface area contributed by atoms with Crippen LogP contribution < -0.4 is 5.73 Å². The fraction of sp³-hybridized carbons (Fsp3) is 0.619. The second-order valence-corrected chi connectivity index (χ2v) is 8.60. The summed E-state index contributed by atoms with van der Waals surface area (Å²) in [5.74, 6) is 1.05. The molecule has 3 aliphatic rings. The highest BCUT2D eigenvalue weighted by molar-refractivity contribution is 5.61. The highest BCUT2D eigenvalue weighted by atomic mass is 19.4. The maximum Gasteiger partial charge on any atom is 0.419 e. The normalized spacial score (nSPS) is 22.5. The third kappa shape index (κ3) is 5.13. The van der Waals surface area contributed by atoms with Gasteiger partial charge < -0.3 is 10.5 Å². The van der Waals surface area contributed by atoms with Crippen molar-refractivity contribution in [2.24, 2.45) is 11.8 Å². The smallest absolute Gasteiger partial charge is 0.383 e. The van der Waals surface area contributed by atoms with Gasteiger partial charge >= 0.3 is 6.18 Å². The van der Waals surface area contributed by atoms with Crippen LogP contribution in [0.5, 0.6) is 0 Å². The Morgan fingerprint density at radius 3 is 2.57 bits per heavy atom. The molecular formula is C21H28F3N5O. The van der Waals surface area contributed by atoms with Crippen molar-refractivity contribution >= 4 is 5.82 Å². The van der Waals surface area contributed by atoms with E-state index in [1.54, 1.807) is 16.9 Å². The minimum atomic E-state index is -4.51. The lowest BCUT2D eigenvalue weighted by Crippen LogP contribution is -2.47. The SMILES string of the molecule is CC1CCN(C2COC2)C1.Nc1ncc(-c2ccn(CC3CC3)n2)cc1C(F)(F)F. The van der Waals surface area contributed by atoms with Gasteiger partial charge in [0.05, 0.1) is 30.5 Å². The van der Waals surface area contributed by atoms with Crippen LogP contribution in [0.3, 0.4) is 0 Å². The van der Waals surface area contributed by atoms with Crippen LogP contribution in [0.1, 0.15) is 31.7 Å². The van der Waals surface area contributed by atoms with Gasteiger partial charge in [-0.1, -0.05) is 6.92 Å². The Hall–Kier alpha value is -2.13. The zero-order chi connectivity index (χ0) is 21.3. The van der Waals surface area contributed by atoms with E-state index in [2.05, 4.69) is 21.9 Å². The van der Waals surface area contributed by atoms with Crippen LogP contribution in [0.25, 0.3) is 11.3 Å². The molecule has 1 unspecified atom stereocenters. The summed E-state index contributed by atoms with van der Waals surface area (Å²) < 4.78 is 45.3. The van der Waals surface area contributed by atoms with E-state index in [1.807, 2.05) is 0 Å². The van der Waals surface area contributed by atoms with Crippen molar-refractivity contribution in [3.05, 3.63) is 30.1 Å². The number of nitrogens with zero attached hydrogens (tertiary/aromatic N) is 4. The van der Waals surface area contributed by atoms with Gasteiger partial charge in [-0.2, -0.15) is 18.3 Å². The third-order valence-corrected chi connectivity index (χ3v) is 5.89. The number of rotatable bonds is 4. The van der Waals surface area contributed by atoms with E-state index in [4.69, 9.17) is 10.5 Å². The van der Waals surface area contributed by atoms with Crippen molar-refractivity contribution in [3.8, 4) is 11.3 Å². The molecule has 4 heterocycles. The molecule has 5 rings (SSSR count). The molecule has 1 saturated carbocycles. The molecule has 6 nitrogen and oxygen atoms in total. The first-order chi connectivity index (χ1) is 14.3. The van der Waals surface area contributed by atoms with Crippen LogP contribution in [0, 0.1) is 11.8 Å². The molecule has 2 N–H and O–H groups in total. The molecule has 1 aliphatic carbocycles. The summed E-state index contributed by atoms with van der Waals surface area (Å²) in [4.78, 5) is 6.18. The molecule has 2 aromatic rings. The number of alkyl halides is 3. The van der Waals surface area contributed by atoms with Crippen LogP contribution >= 0.6 is 0 Å². The van der Waals surface area contributed by atoms with E-state index in [1.165, 1.54) is 38.5 Å². The second-order valence-electron chi connectivity index (χ2n) is 8.60. The van der Waals surface area contributed by atoms with Gasteiger partial charge in [-0.25, -0.2) is 4.98 Å². The average molecular weight is 423 g/mol. The molecule has 2 aromatic heterocycles. The molecule has 9 heteroatoms. The Morgan fingerprint density at radius 2 is 2.00 bits per heavy atom. The van der Waals surface area contributed by atoms with Crippen LogP contribution in [-0.2, 0) is 17.5 Å². The van der Waals surface area contributed by atoms with E-state index in [9.17, 15) is 13.2 Å². The minimum Gasteiger partial charge on any atom is -0.383 e. The Bertz CT molecular complexity index is 861.